The van der Waals surface area contributed by atoms with Gasteiger partial charge in [-0.05, 0) is 11.6 Å². The van der Waals surface area contributed by atoms with Gasteiger partial charge in [0, 0.05) is 32.1 Å². The molecule has 84 valence electrons. The van der Waals surface area contributed by atoms with Crippen LogP contribution in [0.5, 0.6) is 0 Å². The third kappa shape index (κ3) is 4.02. The topological polar surface area (TPSA) is 40.8 Å². The molecule has 0 saturated heterocycles. The minimum Gasteiger partial charge on any atom is -0.342 e. The minimum atomic E-state index is 0.693. The zero-order valence-electron chi connectivity index (χ0n) is 9.36. The van der Waals surface area contributed by atoms with E-state index in [9.17, 15) is 0 Å². The number of rotatable bonds is 6. The van der Waals surface area contributed by atoms with E-state index in [1.54, 1.807) is 11.8 Å². The van der Waals surface area contributed by atoms with Crippen LogP contribution in [0.3, 0.4) is 0 Å². The number of terminal acetylenes is 1. The van der Waals surface area contributed by atoms with Crippen LogP contribution < -0.4 is 5.32 Å². The molecular weight excluding hydrogens is 218 g/mol. The molecule has 0 aromatic carbocycles. The summed E-state index contributed by atoms with van der Waals surface area (Å²) in [5.74, 6) is 4.38. The summed E-state index contributed by atoms with van der Waals surface area (Å²) in [7, 11) is 1.88. The molecule has 0 aliphatic carbocycles. The van der Waals surface area contributed by atoms with E-state index in [-0.39, 0.29) is 0 Å². The second-order valence-corrected chi connectivity index (χ2v) is 4.49. The Morgan fingerprint density at radius 1 is 1.62 bits per heavy atom. The molecule has 0 saturated carbocycles. The van der Waals surface area contributed by atoms with Gasteiger partial charge in [0.15, 0.2) is 0 Å². The normalized spacial score (nSPS) is 9.69. The highest BCUT2D eigenvalue weighted by Gasteiger charge is 2.00. The molecule has 0 fully saturated rings. The molecule has 1 aromatic rings. The van der Waals surface area contributed by atoms with Crippen molar-refractivity contribution < 1.29 is 0 Å². The number of aromatic nitrogens is 1. The van der Waals surface area contributed by atoms with Gasteiger partial charge in [0.25, 0.3) is 0 Å². The minimum absolute atomic E-state index is 0.693. The first-order valence-corrected chi connectivity index (χ1v) is 6.20. The molecule has 3 nitrogen and oxygen atoms in total. The van der Waals surface area contributed by atoms with Gasteiger partial charge in [-0.1, -0.05) is 5.92 Å². The number of thioether (sulfide) groups is 1. The van der Waals surface area contributed by atoms with Gasteiger partial charge in [-0.2, -0.15) is 5.26 Å². The van der Waals surface area contributed by atoms with E-state index in [1.807, 2.05) is 23.9 Å². The zero-order chi connectivity index (χ0) is 11.8. The molecule has 0 atom stereocenters. The van der Waals surface area contributed by atoms with Crippen LogP contribution in [-0.2, 0) is 13.6 Å². The van der Waals surface area contributed by atoms with Crippen LogP contribution in [0.15, 0.2) is 12.3 Å². The third-order valence-corrected chi connectivity index (χ3v) is 2.98. The van der Waals surface area contributed by atoms with E-state index in [0.717, 1.165) is 30.2 Å². The molecule has 1 N–H and O–H groups in total. The van der Waals surface area contributed by atoms with Gasteiger partial charge >= 0.3 is 0 Å². The van der Waals surface area contributed by atoms with Crippen LogP contribution in [0.2, 0.25) is 0 Å². The molecule has 1 aromatic heterocycles. The fourth-order valence-electron chi connectivity index (χ4n) is 1.35. The monoisotopic (exact) mass is 233 g/mol. The van der Waals surface area contributed by atoms with Crippen LogP contribution in [0.4, 0.5) is 0 Å². The second kappa shape index (κ2) is 7.00. The van der Waals surface area contributed by atoms with E-state index >= 15 is 0 Å². The fourth-order valence-corrected chi connectivity index (χ4v) is 1.90. The lowest BCUT2D eigenvalue weighted by Crippen LogP contribution is -2.16. The second-order valence-electron chi connectivity index (χ2n) is 3.39. The van der Waals surface area contributed by atoms with Crippen molar-refractivity contribution in [3.63, 3.8) is 0 Å². The first-order valence-electron chi connectivity index (χ1n) is 5.05. The predicted octanol–water partition coefficient (Wildman–Crippen LogP) is 1.35. The largest absolute Gasteiger partial charge is 0.342 e. The Kier molecular flexibility index (Phi) is 5.56. The van der Waals surface area contributed by atoms with Crippen molar-refractivity contribution in [1.29, 1.82) is 5.26 Å². The summed E-state index contributed by atoms with van der Waals surface area (Å²) in [6.45, 7) is 1.73. The molecule has 0 radical (unpaired) electrons. The SMILES string of the molecule is C#CCSCCNCc1cc(C#N)n(C)c1. The quantitative estimate of drug-likeness (QED) is 0.595. The number of nitriles is 1. The zero-order valence-corrected chi connectivity index (χ0v) is 10.2. The first-order chi connectivity index (χ1) is 7.77. The standard InChI is InChI=1S/C12H15N3S/c1-3-5-16-6-4-14-9-11-7-12(8-13)15(2)10-11/h1,7,10,14H,4-6,9H2,2H3. The number of nitrogens with zero attached hydrogens (tertiary/aromatic N) is 2. The number of hydrogen-bond donors (Lipinski definition) is 1. The molecule has 4 heteroatoms. The van der Waals surface area contributed by atoms with Crippen LogP contribution >= 0.6 is 11.8 Å². The fraction of sp³-hybridized carbons (Fsp3) is 0.417. The Morgan fingerprint density at radius 3 is 3.06 bits per heavy atom. The Morgan fingerprint density at radius 2 is 2.44 bits per heavy atom. The Labute approximate surface area is 101 Å². The predicted molar refractivity (Wildman–Crippen MR) is 68.0 cm³/mol. The maximum Gasteiger partial charge on any atom is 0.120 e. The average molecular weight is 233 g/mol. The van der Waals surface area contributed by atoms with E-state index in [4.69, 9.17) is 11.7 Å². The summed E-state index contributed by atoms with van der Waals surface area (Å²) in [6.07, 6.45) is 7.12. The van der Waals surface area contributed by atoms with E-state index < -0.39 is 0 Å². The van der Waals surface area contributed by atoms with Gasteiger partial charge in [-0.25, -0.2) is 0 Å². The molecule has 1 rings (SSSR count). The van der Waals surface area contributed by atoms with Crippen molar-refractivity contribution >= 4 is 11.8 Å². The summed E-state index contributed by atoms with van der Waals surface area (Å²) >= 11 is 1.75. The van der Waals surface area contributed by atoms with E-state index in [1.165, 1.54) is 0 Å². The maximum absolute atomic E-state index is 8.79. The molecule has 1 heterocycles. The van der Waals surface area contributed by atoms with Gasteiger partial charge in [-0.3, -0.25) is 0 Å². The Hall–Kier alpha value is -1.36. The first kappa shape index (κ1) is 12.7. The molecular formula is C12H15N3S. The van der Waals surface area contributed by atoms with Crippen LogP contribution in [0, 0.1) is 23.7 Å². The number of hydrogen-bond acceptors (Lipinski definition) is 3. The summed E-state index contributed by atoms with van der Waals surface area (Å²) in [4.78, 5) is 0. The average Bonchev–Trinajstić information content (AvgIpc) is 2.64. The van der Waals surface area contributed by atoms with Crippen molar-refractivity contribution in [2.24, 2.45) is 7.05 Å². The van der Waals surface area contributed by atoms with Gasteiger partial charge in [0.2, 0.25) is 0 Å². The lowest BCUT2D eigenvalue weighted by atomic mass is 10.3. The van der Waals surface area contributed by atoms with Gasteiger partial charge in [0.05, 0.1) is 5.75 Å². The van der Waals surface area contributed by atoms with Crippen molar-refractivity contribution in [2.75, 3.05) is 18.1 Å². The van der Waals surface area contributed by atoms with Crippen molar-refractivity contribution in [1.82, 2.24) is 9.88 Å². The highest BCUT2D eigenvalue weighted by molar-refractivity contribution is 7.99. The number of aryl methyl sites for hydroxylation is 1. The van der Waals surface area contributed by atoms with Crippen molar-refractivity contribution in [3.05, 3.63) is 23.5 Å². The van der Waals surface area contributed by atoms with Crippen molar-refractivity contribution in [3.8, 4) is 18.4 Å². The lowest BCUT2D eigenvalue weighted by molar-refractivity contribution is 0.730. The highest BCUT2D eigenvalue weighted by atomic mass is 32.2. The van der Waals surface area contributed by atoms with E-state index in [2.05, 4.69) is 17.3 Å². The highest BCUT2D eigenvalue weighted by Crippen LogP contribution is 2.05. The molecule has 16 heavy (non-hydrogen) atoms. The summed E-state index contributed by atoms with van der Waals surface area (Å²) in [5, 5.41) is 12.1. The molecule has 0 aliphatic rings. The molecule has 0 unspecified atom stereocenters. The molecule has 0 amide bonds. The Bertz CT molecular complexity index is 409. The third-order valence-electron chi connectivity index (χ3n) is 2.11. The summed E-state index contributed by atoms with van der Waals surface area (Å²) in [5.41, 5.74) is 1.83. The van der Waals surface area contributed by atoms with Crippen LogP contribution in [0.25, 0.3) is 0 Å². The lowest BCUT2D eigenvalue weighted by Gasteiger charge is -2.01. The van der Waals surface area contributed by atoms with Gasteiger partial charge < -0.3 is 9.88 Å². The van der Waals surface area contributed by atoms with E-state index in [0.29, 0.717) is 5.69 Å². The molecule has 0 bridgehead atoms. The van der Waals surface area contributed by atoms with Crippen LogP contribution in [-0.4, -0.2) is 22.6 Å². The molecule has 0 aliphatic heterocycles. The molecule has 0 spiro atoms. The Balaban J connectivity index is 2.23. The smallest absolute Gasteiger partial charge is 0.120 e. The maximum atomic E-state index is 8.79. The van der Waals surface area contributed by atoms with Crippen LogP contribution in [0.1, 0.15) is 11.3 Å². The van der Waals surface area contributed by atoms with Gasteiger partial charge in [-0.15, -0.1) is 18.2 Å². The number of nitrogens with one attached hydrogen (secondary N) is 1. The van der Waals surface area contributed by atoms with Gasteiger partial charge in [0.1, 0.15) is 11.8 Å². The summed E-state index contributed by atoms with van der Waals surface area (Å²) < 4.78 is 1.84. The van der Waals surface area contributed by atoms with Crippen molar-refractivity contribution in [2.45, 2.75) is 6.54 Å². The summed E-state index contributed by atoms with van der Waals surface area (Å²) in [6, 6.07) is 4.05.